The van der Waals surface area contributed by atoms with E-state index in [0.29, 0.717) is 18.1 Å². The van der Waals surface area contributed by atoms with E-state index in [2.05, 4.69) is 50.8 Å². The minimum atomic E-state index is 0.562. The lowest BCUT2D eigenvalue weighted by atomic mass is 9.83. The zero-order valence-electron chi connectivity index (χ0n) is 18.5. The summed E-state index contributed by atoms with van der Waals surface area (Å²) in [4.78, 5) is 21.5. The van der Waals surface area contributed by atoms with Crippen molar-refractivity contribution in [1.29, 1.82) is 0 Å². The summed E-state index contributed by atoms with van der Waals surface area (Å²) >= 11 is 0. The van der Waals surface area contributed by atoms with Crippen molar-refractivity contribution in [1.82, 2.24) is 29.6 Å². The van der Waals surface area contributed by atoms with Crippen molar-refractivity contribution >= 4 is 17.2 Å². The molecule has 0 amide bonds. The van der Waals surface area contributed by atoms with Gasteiger partial charge in [0.15, 0.2) is 5.82 Å². The summed E-state index contributed by atoms with van der Waals surface area (Å²) in [5, 5.41) is 3.79. The minimum Gasteiger partial charge on any atom is -0.360 e. The molecule has 6 rings (SSSR count). The van der Waals surface area contributed by atoms with E-state index in [4.69, 9.17) is 9.98 Å². The number of piperidine rings is 2. The molecule has 1 N–H and O–H groups in total. The molecular weight excluding hydrogens is 386 g/mol. The molecule has 6 heterocycles. The van der Waals surface area contributed by atoms with Crippen LogP contribution in [0.1, 0.15) is 49.1 Å². The first kappa shape index (κ1) is 18.9. The highest BCUT2D eigenvalue weighted by atomic mass is 15.2. The molecule has 0 radical (unpaired) electrons. The maximum Gasteiger partial charge on any atom is 0.161 e. The molecule has 0 aliphatic carbocycles. The largest absolute Gasteiger partial charge is 0.360 e. The van der Waals surface area contributed by atoms with E-state index in [1.165, 1.54) is 32.1 Å². The fraction of sp³-hybridized carbons (Fsp3) is 0.500. The second-order valence-electron chi connectivity index (χ2n) is 9.48. The third-order valence-corrected chi connectivity index (χ3v) is 7.18. The van der Waals surface area contributed by atoms with Crippen molar-refractivity contribution in [3.8, 4) is 11.4 Å². The summed E-state index contributed by atoms with van der Waals surface area (Å²) in [5.41, 5.74) is 6.08. The second kappa shape index (κ2) is 7.12. The van der Waals surface area contributed by atoms with Gasteiger partial charge in [0.25, 0.3) is 0 Å². The van der Waals surface area contributed by atoms with Gasteiger partial charge in [-0.1, -0.05) is 6.42 Å². The topological polar surface area (TPSA) is 70.7 Å². The molecule has 2 bridgehead atoms. The first-order chi connectivity index (χ1) is 15.0. The third kappa shape index (κ3) is 3.31. The van der Waals surface area contributed by atoms with Crippen molar-refractivity contribution in [2.75, 3.05) is 7.05 Å². The third-order valence-electron chi connectivity index (χ3n) is 7.18. The van der Waals surface area contributed by atoms with Crippen LogP contribution in [0.25, 0.3) is 17.0 Å². The predicted octanol–water partition coefficient (Wildman–Crippen LogP) is 3.60. The van der Waals surface area contributed by atoms with E-state index in [1.54, 1.807) is 0 Å². The summed E-state index contributed by atoms with van der Waals surface area (Å²) in [6, 6.07) is 4.02. The number of imidazole rings is 1. The molecule has 0 spiro atoms. The Bertz CT molecular complexity index is 1180. The number of hydrogen-bond donors (Lipinski definition) is 1. The zero-order valence-corrected chi connectivity index (χ0v) is 18.5. The highest BCUT2D eigenvalue weighted by Gasteiger charge is 2.35. The molecule has 7 heteroatoms. The maximum absolute atomic E-state index is 4.91. The number of nitrogens with one attached hydrogen (secondary N) is 1. The lowest BCUT2D eigenvalue weighted by Crippen LogP contribution is -2.55. The molecule has 7 nitrogen and oxygen atoms in total. The Morgan fingerprint density at radius 1 is 1.10 bits per heavy atom. The summed E-state index contributed by atoms with van der Waals surface area (Å²) in [6.45, 7) is 4.10. The Hall–Kier alpha value is -2.80. The summed E-state index contributed by atoms with van der Waals surface area (Å²) in [7, 11) is 2.21. The Morgan fingerprint density at radius 3 is 2.71 bits per heavy atom. The molecule has 0 saturated carbocycles. The normalized spacial score (nSPS) is 24.9. The van der Waals surface area contributed by atoms with Crippen LogP contribution in [0.2, 0.25) is 0 Å². The van der Waals surface area contributed by atoms with Gasteiger partial charge in [-0.05, 0) is 51.2 Å². The lowest BCUT2D eigenvalue weighted by molar-refractivity contribution is 0.162. The molecule has 3 aliphatic heterocycles. The number of amidine groups is 1. The van der Waals surface area contributed by atoms with Gasteiger partial charge in [0, 0.05) is 43.1 Å². The van der Waals surface area contributed by atoms with Crippen molar-refractivity contribution in [3.63, 3.8) is 0 Å². The van der Waals surface area contributed by atoms with Gasteiger partial charge in [-0.3, -0.25) is 0 Å². The number of nitrogens with zero attached hydrogens (tertiary/aromatic N) is 6. The Morgan fingerprint density at radius 2 is 1.90 bits per heavy atom. The SMILES string of the molecule is Cc1cn2cc(-c3ncc4c(n3)CC(N(C)C3CC5CCCC(C3)N5)=N4)cc(C)c2n1. The predicted molar refractivity (Wildman–Crippen MR) is 122 cm³/mol. The maximum atomic E-state index is 4.91. The van der Waals surface area contributed by atoms with E-state index in [9.17, 15) is 0 Å². The van der Waals surface area contributed by atoms with Crippen LogP contribution < -0.4 is 5.32 Å². The molecule has 2 saturated heterocycles. The molecule has 3 aliphatic rings. The van der Waals surface area contributed by atoms with Crippen LogP contribution in [-0.2, 0) is 6.42 Å². The van der Waals surface area contributed by atoms with E-state index < -0.39 is 0 Å². The van der Waals surface area contributed by atoms with E-state index in [1.807, 2.05) is 19.3 Å². The smallest absolute Gasteiger partial charge is 0.161 e. The van der Waals surface area contributed by atoms with Crippen molar-refractivity contribution in [2.24, 2.45) is 4.99 Å². The van der Waals surface area contributed by atoms with E-state index >= 15 is 0 Å². The van der Waals surface area contributed by atoms with E-state index in [0.717, 1.165) is 51.9 Å². The number of rotatable bonds is 2. The van der Waals surface area contributed by atoms with Gasteiger partial charge < -0.3 is 14.6 Å². The number of aliphatic imine (C=N–C) groups is 1. The number of likely N-dealkylation sites (N-methyl/N-ethyl adjacent to an activating group) is 1. The lowest BCUT2D eigenvalue weighted by Gasteiger charge is -2.44. The van der Waals surface area contributed by atoms with Crippen molar-refractivity contribution in [2.45, 2.75) is 70.5 Å². The highest BCUT2D eigenvalue weighted by Crippen LogP contribution is 2.32. The fourth-order valence-corrected chi connectivity index (χ4v) is 5.58. The quantitative estimate of drug-likeness (QED) is 0.693. The first-order valence-corrected chi connectivity index (χ1v) is 11.4. The second-order valence-corrected chi connectivity index (χ2v) is 9.48. The number of pyridine rings is 1. The molecular formula is C24H29N7. The Kier molecular flexibility index (Phi) is 4.35. The first-order valence-electron chi connectivity index (χ1n) is 11.4. The van der Waals surface area contributed by atoms with Crippen LogP contribution in [0.3, 0.4) is 0 Å². The monoisotopic (exact) mass is 415 g/mol. The van der Waals surface area contributed by atoms with Gasteiger partial charge in [-0.2, -0.15) is 0 Å². The molecule has 3 aromatic heterocycles. The van der Waals surface area contributed by atoms with Crippen LogP contribution >= 0.6 is 0 Å². The van der Waals surface area contributed by atoms with Crippen LogP contribution in [-0.4, -0.2) is 55.3 Å². The van der Waals surface area contributed by atoms with Gasteiger partial charge in [0.2, 0.25) is 0 Å². The summed E-state index contributed by atoms with van der Waals surface area (Å²) in [6.07, 6.45) is 13.2. The van der Waals surface area contributed by atoms with Gasteiger partial charge in [0.1, 0.15) is 17.2 Å². The molecule has 2 unspecified atom stereocenters. The highest BCUT2D eigenvalue weighted by molar-refractivity contribution is 5.91. The van der Waals surface area contributed by atoms with Crippen LogP contribution in [0, 0.1) is 13.8 Å². The summed E-state index contributed by atoms with van der Waals surface area (Å²) < 4.78 is 2.07. The molecule has 160 valence electrons. The van der Waals surface area contributed by atoms with E-state index in [-0.39, 0.29) is 0 Å². The van der Waals surface area contributed by atoms with Crippen molar-refractivity contribution in [3.05, 3.63) is 41.6 Å². The van der Waals surface area contributed by atoms with Gasteiger partial charge in [0.05, 0.1) is 24.0 Å². The fourth-order valence-electron chi connectivity index (χ4n) is 5.58. The molecule has 3 aromatic rings. The van der Waals surface area contributed by atoms with Gasteiger partial charge >= 0.3 is 0 Å². The average Bonchev–Trinajstić information content (AvgIpc) is 3.35. The van der Waals surface area contributed by atoms with Crippen LogP contribution in [0.5, 0.6) is 0 Å². The minimum absolute atomic E-state index is 0.562. The number of hydrogen-bond acceptors (Lipinski definition) is 6. The zero-order chi connectivity index (χ0) is 21.1. The Labute approximate surface area is 182 Å². The van der Waals surface area contributed by atoms with Crippen LogP contribution in [0.15, 0.2) is 29.6 Å². The van der Waals surface area contributed by atoms with Crippen molar-refractivity contribution < 1.29 is 0 Å². The van der Waals surface area contributed by atoms with Gasteiger partial charge in [-0.25, -0.2) is 19.9 Å². The Balaban J connectivity index is 1.24. The number of fused-ring (bicyclic) bond motifs is 4. The molecule has 0 aromatic carbocycles. The molecule has 31 heavy (non-hydrogen) atoms. The van der Waals surface area contributed by atoms with Gasteiger partial charge in [-0.15, -0.1) is 0 Å². The number of aryl methyl sites for hydroxylation is 2. The summed E-state index contributed by atoms with van der Waals surface area (Å²) in [5.74, 6) is 1.88. The standard InChI is InChI=1S/C24H29N7/c1-14-7-16(13-31-12-15(2)26-24(14)31)23-25-11-21-20(29-23)10-22(28-21)30(3)19-8-17-5-4-6-18(9-19)27-17/h7,11-13,17-19,27H,4-6,8-10H2,1-3H3. The molecule has 2 atom stereocenters. The molecule has 2 fully saturated rings. The average molecular weight is 416 g/mol. The number of aromatic nitrogens is 4. The van der Waals surface area contributed by atoms with Crippen LogP contribution in [0.4, 0.5) is 5.69 Å².